The Hall–Kier alpha value is -1.87. The fourth-order valence-corrected chi connectivity index (χ4v) is 4.95. The highest BCUT2D eigenvalue weighted by molar-refractivity contribution is 7.99. The van der Waals surface area contributed by atoms with Crippen molar-refractivity contribution in [1.82, 2.24) is 20.2 Å². The van der Waals surface area contributed by atoms with Gasteiger partial charge >= 0.3 is 0 Å². The maximum Gasteiger partial charge on any atom is 0.259 e. The highest BCUT2D eigenvalue weighted by Crippen LogP contribution is 2.34. The van der Waals surface area contributed by atoms with Crippen molar-refractivity contribution in [2.24, 2.45) is 0 Å². The SMILES string of the molecule is CNC(=O)CN(C)C(=O)CSCc1nc2sc3c(c2c(=O)[nH]1)CCC3. The Balaban J connectivity index is 1.61. The summed E-state index contributed by atoms with van der Waals surface area (Å²) in [5.41, 5.74) is 1.09. The topological polar surface area (TPSA) is 95.2 Å². The molecule has 0 spiro atoms. The van der Waals surface area contributed by atoms with Crippen LogP contribution < -0.4 is 10.9 Å². The number of amides is 2. The van der Waals surface area contributed by atoms with Crippen LogP contribution in [0.3, 0.4) is 0 Å². The molecule has 1 aliphatic rings. The maximum absolute atomic E-state index is 12.4. The number of aryl methyl sites for hydroxylation is 2. The summed E-state index contributed by atoms with van der Waals surface area (Å²) in [6, 6.07) is 0. The summed E-state index contributed by atoms with van der Waals surface area (Å²) < 4.78 is 0. The molecule has 7 nitrogen and oxygen atoms in total. The van der Waals surface area contributed by atoms with Gasteiger partial charge in [0.2, 0.25) is 11.8 Å². The summed E-state index contributed by atoms with van der Waals surface area (Å²) in [7, 11) is 3.13. The van der Waals surface area contributed by atoms with Gasteiger partial charge in [0, 0.05) is 19.0 Å². The van der Waals surface area contributed by atoms with Crippen LogP contribution in [0.2, 0.25) is 0 Å². The Morgan fingerprint density at radius 1 is 1.40 bits per heavy atom. The van der Waals surface area contributed by atoms with Gasteiger partial charge in [-0.2, -0.15) is 0 Å². The van der Waals surface area contributed by atoms with Gasteiger partial charge in [-0.15, -0.1) is 23.1 Å². The summed E-state index contributed by atoms with van der Waals surface area (Å²) in [6.07, 6.45) is 3.10. The molecule has 25 heavy (non-hydrogen) atoms. The zero-order valence-electron chi connectivity index (χ0n) is 14.2. The second-order valence-corrected chi connectivity index (χ2v) is 8.04. The number of nitrogens with zero attached hydrogens (tertiary/aromatic N) is 2. The van der Waals surface area contributed by atoms with Gasteiger partial charge in [0.1, 0.15) is 10.7 Å². The predicted octanol–water partition coefficient (Wildman–Crippen LogP) is 0.911. The van der Waals surface area contributed by atoms with E-state index < -0.39 is 0 Å². The van der Waals surface area contributed by atoms with Crippen molar-refractivity contribution < 1.29 is 9.59 Å². The average molecular weight is 380 g/mol. The number of carbonyl (C=O) groups is 2. The third kappa shape index (κ3) is 3.87. The first kappa shape index (κ1) is 17.9. The van der Waals surface area contributed by atoms with Gasteiger partial charge in [0.15, 0.2) is 0 Å². The molecule has 0 saturated heterocycles. The molecule has 2 N–H and O–H groups in total. The normalized spacial score (nSPS) is 13.0. The Morgan fingerprint density at radius 3 is 2.96 bits per heavy atom. The third-order valence-corrected chi connectivity index (χ3v) is 6.29. The van der Waals surface area contributed by atoms with E-state index in [9.17, 15) is 14.4 Å². The van der Waals surface area contributed by atoms with Gasteiger partial charge in [-0.1, -0.05) is 0 Å². The van der Waals surface area contributed by atoms with Gasteiger partial charge in [0.05, 0.1) is 23.4 Å². The second kappa shape index (κ2) is 7.57. The summed E-state index contributed by atoms with van der Waals surface area (Å²) >= 11 is 2.98. The number of likely N-dealkylation sites (N-methyl/N-ethyl adjacent to an activating group) is 2. The molecule has 134 valence electrons. The largest absolute Gasteiger partial charge is 0.358 e. The molecule has 2 aromatic heterocycles. The zero-order valence-corrected chi connectivity index (χ0v) is 15.8. The molecule has 0 unspecified atom stereocenters. The lowest BCUT2D eigenvalue weighted by molar-refractivity contribution is -0.132. The molecule has 0 fully saturated rings. The van der Waals surface area contributed by atoms with Crippen molar-refractivity contribution >= 4 is 45.1 Å². The van der Waals surface area contributed by atoms with Crippen molar-refractivity contribution in [3.05, 3.63) is 26.6 Å². The minimum atomic E-state index is -0.206. The van der Waals surface area contributed by atoms with Crippen molar-refractivity contribution in [3.63, 3.8) is 0 Å². The smallest absolute Gasteiger partial charge is 0.259 e. The van der Waals surface area contributed by atoms with Gasteiger partial charge in [-0.3, -0.25) is 14.4 Å². The second-order valence-electron chi connectivity index (χ2n) is 5.97. The van der Waals surface area contributed by atoms with Crippen LogP contribution in [0.1, 0.15) is 22.7 Å². The number of fused-ring (bicyclic) bond motifs is 3. The van der Waals surface area contributed by atoms with E-state index in [2.05, 4.69) is 15.3 Å². The van der Waals surface area contributed by atoms with E-state index in [1.54, 1.807) is 18.4 Å². The van der Waals surface area contributed by atoms with Gasteiger partial charge < -0.3 is 15.2 Å². The van der Waals surface area contributed by atoms with E-state index in [1.165, 1.54) is 34.2 Å². The maximum atomic E-state index is 12.4. The number of rotatable bonds is 6. The Labute approximate surface area is 153 Å². The number of aromatic nitrogens is 2. The van der Waals surface area contributed by atoms with E-state index in [-0.39, 0.29) is 29.7 Å². The molecule has 1 aliphatic carbocycles. The first-order chi connectivity index (χ1) is 12.0. The van der Waals surface area contributed by atoms with Crippen LogP contribution in [0.4, 0.5) is 0 Å². The van der Waals surface area contributed by atoms with E-state index in [0.717, 1.165) is 29.5 Å². The summed E-state index contributed by atoms with van der Waals surface area (Å²) in [5, 5.41) is 3.23. The van der Waals surface area contributed by atoms with Crippen LogP contribution in [-0.2, 0) is 28.2 Å². The van der Waals surface area contributed by atoms with Crippen LogP contribution in [0.15, 0.2) is 4.79 Å². The van der Waals surface area contributed by atoms with E-state index in [0.29, 0.717) is 11.6 Å². The molecule has 9 heteroatoms. The highest BCUT2D eigenvalue weighted by atomic mass is 32.2. The first-order valence-electron chi connectivity index (χ1n) is 8.05. The van der Waals surface area contributed by atoms with Crippen LogP contribution >= 0.6 is 23.1 Å². The van der Waals surface area contributed by atoms with Crippen LogP contribution in [-0.4, -0.2) is 53.1 Å². The van der Waals surface area contributed by atoms with Gasteiger partial charge in [-0.05, 0) is 24.8 Å². The highest BCUT2D eigenvalue weighted by Gasteiger charge is 2.21. The lowest BCUT2D eigenvalue weighted by Crippen LogP contribution is -2.37. The summed E-state index contributed by atoms with van der Waals surface area (Å²) in [6.45, 7) is 0.0394. The molecule has 2 heterocycles. The predicted molar refractivity (Wildman–Crippen MR) is 100 cm³/mol. The molecule has 0 saturated carbocycles. The molecule has 0 bridgehead atoms. The Bertz CT molecular complexity index is 874. The van der Waals surface area contributed by atoms with Crippen molar-refractivity contribution in [2.45, 2.75) is 25.0 Å². The van der Waals surface area contributed by atoms with Crippen molar-refractivity contribution in [3.8, 4) is 0 Å². The molecule has 0 atom stereocenters. The molecule has 2 amide bonds. The summed E-state index contributed by atoms with van der Waals surface area (Å²) in [5.74, 6) is 0.933. The first-order valence-corrected chi connectivity index (χ1v) is 10.0. The number of carbonyl (C=O) groups excluding carboxylic acids is 2. The number of H-pyrrole nitrogens is 1. The number of thioether (sulfide) groups is 1. The van der Waals surface area contributed by atoms with Gasteiger partial charge in [0.25, 0.3) is 5.56 Å². The minimum Gasteiger partial charge on any atom is -0.358 e. The van der Waals surface area contributed by atoms with E-state index in [4.69, 9.17) is 0 Å². The molecule has 0 aromatic carbocycles. The average Bonchev–Trinajstić information content (AvgIpc) is 3.14. The monoisotopic (exact) mass is 380 g/mol. The molecule has 2 aromatic rings. The number of thiophene rings is 1. The minimum absolute atomic E-state index is 0.0394. The Morgan fingerprint density at radius 2 is 2.20 bits per heavy atom. The number of hydrogen-bond acceptors (Lipinski definition) is 6. The zero-order chi connectivity index (χ0) is 18.0. The van der Waals surface area contributed by atoms with Crippen molar-refractivity contribution in [2.75, 3.05) is 26.4 Å². The van der Waals surface area contributed by atoms with Crippen molar-refractivity contribution in [1.29, 1.82) is 0 Å². The van der Waals surface area contributed by atoms with Crippen LogP contribution in [0, 0.1) is 0 Å². The Kier molecular flexibility index (Phi) is 5.43. The number of aromatic amines is 1. The van der Waals surface area contributed by atoms with Crippen LogP contribution in [0.5, 0.6) is 0 Å². The standard InChI is InChI=1S/C16H20N4O3S2/c1-17-12(21)6-20(2)13(22)8-24-7-11-18-15(23)14-9-4-3-5-10(9)25-16(14)19-11/h3-8H2,1-2H3,(H,17,21)(H,18,19,23). The molecule has 3 rings (SSSR count). The number of nitrogens with one attached hydrogen (secondary N) is 2. The number of hydrogen-bond donors (Lipinski definition) is 2. The van der Waals surface area contributed by atoms with E-state index in [1.807, 2.05) is 0 Å². The quantitative estimate of drug-likeness (QED) is 0.777. The van der Waals surface area contributed by atoms with E-state index >= 15 is 0 Å². The fraction of sp³-hybridized carbons (Fsp3) is 0.500. The third-order valence-electron chi connectivity index (χ3n) is 4.17. The summed E-state index contributed by atoms with van der Waals surface area (Å²) in [4.78, 5) is 46.5. The van der Waals surface area contributed by atoms with Crippen LogP contribution in [0.25, 0.3) is 10.2 Å². The molecule has 0 radical (unpaired) electrons. The lowest BCUT2D eigenvalue weighted by Gasteiger charge is -2.15. The molecule has 0 aliphatic heterocycles. The lowest BCUT2D eigenvalue weighted by atomic mass is 10.2. The molecular formula is C16H20N4O3S2. The molecular weight excluding hydrogens is 360 g/mol. The van der Waals surface area contributed by atoms with Gasteiger partial charge in [-0.25, -0.2) is 4.98 Å². The fourth-order valence-electron chi connectivity index (χ4n) is 2.84.